The molecule has 0 heterocycles. The second-order valence-corrected chi connectivity index (χ2v) is 6.22. The van der Waals surface area contributed by atoms with E-state index in [2.05, 4.69) is 16.6 Å². The largest absolute Gasteiger partial charge is 0.371 e. The summed E-state index contributed by atoms with van der Waals surface area (Å²) in [6, 6.07) is 7.18. The molecule has 0 amide bonds. The minimum absolute atomic E-state index is 0.170. The molecule has 0 aliphatic heterocycles. The van der Waals surface area contributed by atoms with Crippen LogP contribution in [-0.2, 0) is 11.3 Å². The Morgan fingerprint density at radius 1 is 1.07 bits per heavy atom. The Labute approximate surface area is 157 Å². The molecular formula is C20H14F5NO2. The third kappa shape index (κ3) is 3.42. The van der Waals surface area contributed by atoms with Gasteiger partial charge in [0.05, 0.1) is 5.71 Å². The van der Waals surface area contributed by atoms with Crippen molar-refractivity contribution in [3.63, 3.8) is 0 Å². The summed E-state index contributed by atoms with van der Waals surface area (Å²) >= 11 is 0. The predicted octanol–water partition coefficient (Wildman–Crippen LogP) is 5.08. The standard InChI is InChI=1S/C20H14F5NO2/c1-2-5-11-9-8-10-6-3-4-7-12(10)19(11)26-28-20(27)13-14(21)16(23)18(25)17(24)15(13)22/h2-4,6-7,11H,1,5,8-9H2/b26-19+. The molecule has 0 N–H and O–H groups in total. The third-order valence-corrected chi connectivity index (χ3v) is 4.53. The number of benzene rings is 2. The number of allylic oxidation sites excluding steroid dienone is 1. The number of hydrogen-bond donors (Lipinski definition) is 0. The van der Waals surface area contributed by atoms with Gasteiger partial charge in [0.25, 0.3) is 0 Å². The maximum Gasteiger partial charge on any atom is 0.371 e. The van der Waals surface area contributed by atoms with Gasteiger partial charge in [0.15, 0.2) is 23.3 Å². The van der Waals surface area contributed by atoms with E-state index < -0.39 is 40.6 Å². The van der Waals surface area contributed by atoms with Crippen LogP contribution < -0.4 is 0 Å². The monoisotopic (exact) mass is 395 g/mol. The highest BCUT2D eigenvalue weighted by molar-refractivity contribution is 6.04. The fourth-order valence-electron chi connectivity index (χ4n) is 3.15. The van der Waals surface area contributed by atoms with Gasteiger partial charge in [-0.05, 0) is 24.8 Å². The van der Waals surface area contributed by atoms with Crippen LogP contribution in [0.2, 0.25) is 0 Å². The van der Waals surface area contributed by atoms with Gasteiger partial charge in [-0.3, -0.25) is 0 Å². The van der Waals surface area contributed by atoms with E-state index in [9.17, 15) is 26.7 Å². The van der Waals surface area contributed by atoms with E-state index in [4.69, 9.17) is 0 Å². The number of aryl methyl sites for hydroxylation is 1. The lowest BCUT2D eigenvalue weighted by molar-refractivity contribution is 0.0499. The lowest BCUT2D eigenvalue weighted by Crippen LogP contribution is -2.24. The molecule has 0 bridgehead atoms. The first-order valence-corrected chi connectivity index (χ1v) is 8.36. The molecule has 0 radical (unpaired) electrons. The molecule has 2 aromatic rings. The van der Waals surface area contributed by atoms with Crippen LogP contribution in [0.1, 0.15) is 34.3 Å². The molecule has 0 saturated carbocycles. The van der Waals surface area contributed by atoms with Crippen molar-refractivity contribution in [3.8, 4) is 0 Å². The predicted molar refractivity (Wildman–Crippen MR) is 91.3 cm³/mol. The number of nitrogens with zero attached hydrogens (tertiary/aromatic N) is 1. The highest BCUT2D eigenvalue weighted by Gasteiger charge is 2.32. The second-order valence-electron chi connectivity index (χ2n) is 6.22. The minimum Gasteiger partial charge on any atom is -0.312 e. The van der Waals surface area contributed by atoms with Crippen molar-refractivity contribution in [1.82, 2.24) is 0 Å². The first kappa shape index (κ1) is 19.7. The molecule has 1 atom stereocenters. The molecule has 1 aliphatic rings. The van der Waals surface area contributed by atoms with Gasteiger partial charge in [-0.15, -0.1) is 6.58 Å². The summed E-state index contributed by atoms with van der Waals surface area (Å²) in [7, 11) is 0. The van der Waals surface area contributed by atoms with Crippen molar-refractivity contribution in [2.24, 2.45) is 11.1 Å². The van der Waals surface area contributed by atoms with E-state index >= 15 is 0 Å². The summed E-state index contributed by atoms with van der Waals surface area (Å²) in [5, 5.41) is 3.71. The van der Waals surface area contributed by atoms with Crippen molar-refractivity contribution >= 4 is 11.7 Å². The van der Waals surface area contributed by atoms with Crippen LogP contribution in [-0.4, -0.2) is 11.7 Å². The fraction of sp³-hybridized carbons (Fsp3) is 0.200. The molecule has 0 spiro atoms. The van der Waals surface area contributed by atoms with Crippen molar-refractivity contribution in [2.45, 2.75) is 19.3 Å². The van der Waals surface area contributed by atoms with E-state index in [0.717, 1.165) is 12.0 Å². The molecule has 8 heteroatoms. The lowest BCUT2D eigenvalue weighted by atomic mass is 9.80. The van der Waals surface area contributed by atoms with Crippen LogP contribution in [0.25, 0.3) is 0 Å². The topological polar surface area (TPSA) is 38.7 Å². The average Bonchev–Trinajstić information content (AvgIpc) is 2.70. The van der Waals surface area contributed by atoms with Crippen LogP contribution >= 0.6 is 0 Å². The van der Waals surface area contributed by atoms with Gasteiger partial charge in [-0.2, -0.15) is 0 Å². The molecule has 0 fully saturated rings. The molecule has 146 valence electrons. The summed E-state index contributed by atoms with van der Waals surface area (Å²) in [5.41, 5.74) is 0.281. The highest BCUT2D eigenvalue weighted by Crippen LogP contribution is 2.29. The van der Waals surface area contributed by atoms with Crippen molar-refractivity contribution in [3.05, 3.63) is 82.7 Å². The maximum atomic E-state index is 13.8. The number of oxime groups is 1. The molecule has 28 heavy (non-hydrogen) atoms. The van der Waals surface area contributed by atoms with Gasteiger partial charge in [0.1, 0.15) is 5.56 Å². The number of fused-ring (bicyclic) bond motifs is 1. The lowest BCUT2D eigenvalue weighted by Gasteiger charge is -2.25. The summed E-state index contributed by atoms with van der Waals surface area (Å²) in [6.45, 7) is 3.66. The number of rotatable bonds is 4. The second kappa shape index (κ2) is 7.92. The first-order valence-electron chi connectivity index (χ1n) is 8.36. The summed E-state index contributed by atoms with van der Waals surface area (Å²) in [5.74, 6) is -13.3. The zero-order valence-electron chi connectivity index (χ0n) is 14.4. The average molecular weight is 395 g/mol. The molecule has 2 aromatic carbocycles. The van der Waals surface area contributed by atoms with Gasteiger partial charge in [0.2, 0.25) is 5.82 Å². The zero-order chi connectivity index (χ0) is 20.4. The van der Waals surface area contributed by atoms with Crippen molar-refractivity contribution in [2.75, 3.05) is 0 Å². The Kier molecular flexibility index (Phi) is 5.58. The smallest absolute Gasteiger partial charge is 0.312 e. The van der Waals surface area contributed by atoms with Gasteiger partial charge >= 0.3 is 5.97 Å². The summed E-state index contributed by atoms with van der Waals surface area (Å²) in [6.07, 6.45) is 3.58. The number of carbonyl (C=O) groups is 1. The quantitative estimate of drug-likeness (QED) is 0.181. The molecule has 3 nitrogen and oxygen atoms in total. The Balaban J connectivity index is 1.99. The van der Waals surface area contributed by atoms with Crippen molar-refractivity contribution in [1.29, 1.82) is 0 Å². The van der Waals surface area contributed by atoms with Gasteiger partial charge in [-0.25, -0.2) is 26.7 Å². The minimum atomic E-state index is -2.36. The van der Waals surface area contributed by atoms with E-state index in [1.54, 1.807) is 18.2 Å². The molecule has 1 aliphatic carbocycles. The Bertz CT molecular complexity index is 958. The van der Waals surface area contributed by atoms with Crippen molar-refractivity contribution < 1.29 is 31.6 Å². The van der Waals surface area contributed by atoms with Gasteiger partial charge < -0.3 is 4.84 Å². The van der Waals surface area contributed by atoms with Crippen LogP contribution in [0.4, 0.5) is 22.0 Å². The zero-order valence-corrected chi connectivity index (χ0v) is 14.4. The van der Waals surface area contributed by atoms with Gasteiger partial charge in [0, 0.05) is 11.5 Å². The molecule has 0 saturated heterocycles. The number of halogens is 5. The Morgan fingerprint density at radius 3 is 2.32 bits per heavy atom. The Morgan fingerprint density at radius 2 is 1.68 bits per heavy atom. The fourth-order valence-corrected chi connectivity index (χ4v) is 3.15. The third-order valence-electron chi connectivity index (χ3n) is 4.53. The van der Waals surface area contributed by atoms with Crippen LogP contribution in [0.15, 0.2) is 42.1 Å². The van der Waals surface area contributed by atoms with E-state index in [-0.39, 0.29) is 5.92 Å². The van der Waals surface area contributed by atoms with Crippen LogP contribution in [0, 0.1) is 35.0 Å². The Hall–Kier alpha value is -3.03. The highest BCUT2D eigenvalue weighted by atomic mass is 19.2. The van der Waals surface area contributed by atoms with E-state index in [1.165, 1.54) is 0 Å². The SMILES string of the molecule is C=CCC1CCc2ccccc2/C1=N/OC(=O)c1c(F)c(F)c(F)c(F)c1F. The number of carbonyl (C=O) groups excluding carboxylic acids is 1. The van der Waals surface area contributed by atoms with Crippen LogP contribution in [0.3, 0.4) is 0 Å². The molecule has 1 unspecified atom stereocenters. The summed E-state index contributed by atoms with van der Waals surface area (Å²) in [4.78, 5) is 16.6. The van der Waals surface area contributed by atoms with Crippen LogP contribution in [0.5, 0.6) is 0 Å². The van der Waals surface area contributed by atoms with E-state index in [0.29, 0.717) is 24.1 Å². The normalized spacial score (nSPS) is 17.3. The number of hydrogen-bond acceptors (Lipinski definition) is 3. The molecule has 3 rings (SSSR count). The van der Waals surface area contributed by atoms with Gasteiger partial charge in [-0.1, -0.05) is 35.5 Å². The molecular weight excluding hydrogens is 381 g/mol. The van der Waals surface area contributed by atoms with E-state index in [1.807, 2.05) is 12.1 Å². The maximum absolute atomic E-state index is 13.8. The summed E-state index contributed by atoms with van der Waals surface area (Å²) < 4.78 is 67.3. The first-order chi connectivity index (χ1) is 13.4. The molecule has 0 aromatic heterocycles.